The molecule has 1 aliphatic carbocycles. The first-order valence-corrected chi connectivity index (χ1v) is 7.62. The third-order valence-electron chi connectivity index (χ3n) is 4.20. The number of nitrogens with one attached hydrogen (secondary N) is 2. The lowest BCUT2D eigenvalue weighted by atomic mass is 9.99. The van der Waals surface area contributed by atoms with Crippen molar-refractivity contribution < 1.29 is 14.0 Å². The first-order valence-electron chi connectivity index (χ1n) is 7.62. The number of primary amides is 1. The summed E-state index contributed by atoms with van der Waals surface area (Å²) in [6.07, 6.45) is 1.44. The van der Waals surface area contributed by atoms with Crippen LogP contribution in [0.5, 0.6) is 0 Å². The molecule has 6 heteroatoms. The number of halogens is 1. The maximum atomic E-state index is 13.9. The number of hydrogen-bond donors (Lipinski definition) is 3. The molecule has 0 saturated carbocycles. The van der Waals surface area contributed by atoms with Crippen molar-refractivity contribution in [1.29, 1.82) is 0 Å². The van der Waals surface area contributed by atoms with Crippen LogP contribution in [0.15, 0.2) is 42.5 Å². The van der Waals surface area contributed by atoms with Gasteiger partial charge in [0.2, 0.25) is 5.91 Å². The minimum atomic E-state index is -0.721. The number of carbonyl (C=O) groups excluding carboxylic acids is 2. The number of urea groups is 1. The second-order valence-electron chi connectivity index (χ2n) is 6.32. The summed E-state index contributed by atoms with van der Waals surface area (Å²) in [5, 5.41) is 5.38. The SMILES string of the molecule is CC1(NC(=O)Nc2ccc(C(N)=O)cc2F)Cc2ccccc2C1. The number of benzene rings is 2. The molecule has 0 aromatic heterocycles. The zero-order valence-electron chi connectivity index (χ0n) is 13.2. The Morgan fingerprint density at radius 1 is 1.12 bits per heavy atom. The highest BCUT2D eigenvalue weighted by Crippen LogP contribution is 2.29. The van der Waals surface area contributed by atoms with E-state index in [4.69, 9.17) is 5.73 Å². The Morgan fingerprint density at radius 3 is 2.29 bits per heavy atom. The standard InChI is InChI=1S/C18H18FN3O2/c1-18(9-12-4-2-3-5-13(12)10-18)22-17(24)21-15-7-6-11(16(20)23)8-14(15)19/h2-8H,9-10H2,1H3,(H2,20,23)(H2,21,22,24). The van der Waals surface area contributed by atoms with Gasteiger partial charge in [-0.25, -0.2) is 9.18 Å². The van der Waals surface area contributed by atoms with E-state index >= 15 is 0 Å². The van der Waals surface area contributed by atoms with Crippen molar-refractivity contribution in [3.8, 4) is 0 Å². The minimum Gasteiger partial charge on any atom is -0.366 e. The fourth-order valence-corrected chi connectivity index (χ4v) is 3.09. The van der Waals surface area contributed by atoms with E-state index in [2.05, 4.69) is 10.6 Å². The van der Waals surface area contributed by atoms with Crippen LogP contribution in [-0.2, 0) is 12.8 Å². The Kier molecular flexibility index (Phi) is 3.97. The van der Waals surface area contributed by atoms with Crippen molar-refractivity contribution in [1.82, 2.24) is 5.32 Å². The van der Waals surface area contributed by atoms with Gasteiger partial charge in [-0.2, -0.15) is 0 Å². The number of amides is 3. The third kappa shape index (κ3) is 3.22. The molecule has 0 unspecified atom stereocenters. The average Bonchev–Trinajstić information content (AvgIpc) is 2.84. The van der Waals surface area contributed by atoms with Crippen LogP contribution in [0.3, 0.4) is 0 Å². The van der Waals surface area contributed by atoms with Crippen LogP contribution in [0, 0.1) is 5.82 Å². The summed E-state index contributed by atoms with van der Waals surface area (Å²) in [7, 11) is 0. The van der Waals surface area contributed by atoms with Crippen LogP contribution in [0.25, 0.3) is 0 Å². The van der Waals surface area contributed by atoms with Crippen LogP contribution >= 0.6 is 0 Å². The van der Waals surface area contributed by atoms with Gasteiger partial charge in [0.25, 0.3) is 0 Å². The molecule has 24 heavy (non-hydrogen) atoms. The summed E-state index contributed by atoms with van der Waals surface area (Å²) < 4.78 is 13.9. The molecule has 0 radical (unpaired) electrons. The predicted octanol–water partition coefficient (Wildman–Crippen LogP) is 2.60. The monoisotopic (exact) mass is 327 g/mol. The number of anilines is 1. The fraction of sp³-hybridized carbons (Fsp3) is 0.222. The molecule has 0 bridgehead atoms. The lowest BCUT2D eigenvalue weighted by Gasteiger charge is -2.25. The van der Waals surface area contributed by atoms with Gasteiger partial charge in [-0.1, -0.05) is 24.3 Å². The molecular weight excluding hydrogens is 309 g/mol. The van der Waals surface area contributed by atoms with E-state index in [1.54, 1.807) is 0 Å². The molecule has 0 spiro atoms. The van der Waals surface area contributed by atoms with Gasteiger partial charge in [0.1, 0.15) is 5.82 Å². The molecule has 1 aliphatic rings. The van der Waals surface area contributed by atoms with E-state index in [1.165, 1.54) is 23.3 Å². The molecule has 3 amide bonds. The number of rotatable bonds is 3. The molecule has 5 nitrogen and oxygen atoms in total. The molecule has 124 valence electrons. The van der Waals surface area contributed by atoms with Crippen molar-refractivity contribution in [2.45, 2.75) is 25.3 Å². The van der Waals surface area contributed by atoms with Crippen LogP contribution < -0.4 is 16.4 Å². The van der Waals surface area contributed by atoms with Crippen molar-refractivity contribution >= 4 is 17.6 Å². The van der Waals surface area contributed by atoms with E-state index in [0.717, 1.165) is 18.9 Å². The highest BCUT2D eigenvalue weighted by atomic mass is 19.1. The number of nitrogens with two attached hydrogens (primary N) is 1. The Bertz CT molecular complexity index is 795. The summed E-state index contributed by atoms with van der Waals surface area (Å²) in [5.74, 6) is -1.43. The molecular formula is C18H18FN3O2. The van der Waals surface area contributed by atoms with Crippen molar-refractivity contribution in [3.63, 3.8) is 0 Å². The van der Waals surface area contributed by atoms with Crippen LogP contribution in [0.4, 0.5) is 14.9 Å². The van der Waals surface area contributed by atoms with Crippen LogP contribution in [0.2, 0.25) is 0 Å². The maximum absolute atomic E-state index is 13.9. The van der Waals surface area contributed by atoms with Crippen molar-refractivity contribution in [2.24, 2.45) is 5.73 Å². The molecule has 0 heterocycles. The van der Waals surface area contributed by atoms with Gasteiger partial charge in [0.05, 0.1) is 5.69 Å². The topological polar surface area (TPSA) is 84.2 Å². The normalized spacial score (nSPS) is 14.8. The smallest absolute Gasteiger partial charge is 0.319 e. The second kappa shape index (κ2) is 5.96. The molecule has 0 fully saturated rings. The highest BCUT2D eigenvalue weighted by Gasteiger charge is 2.34. The average molecular weight is 327 g/mol. The summed E-state index contributed by atoms with van der Waals surface area (Å²) >= 11 is 0. The summed E-state index contributed by atoms with van der Waals surface area (Å²) in [4.78, 5) is 23.2. The lowest BCUT2D eigenvalue weighted by molar-refractivity contribution is 0.1000. The Labute approximate surface area is 139 Å². The maximum Gasteiger partial charge on any atom is 0.319 e. The van der Waals surface area contributed by atoms with Gasteiger partial charge in [-0.05, 0) is 49.1 Å². The Morgan fingerprint density at radius 2 is 1.75 bits per heavy atom. The zero-order chi connectivity index (χ0) is 17.3. The third-order valence-corrected chi connectivity index (χ3v) is 4.20. The second-order valence-corrected chi connectivity index (χ2v) is 6.32. The first-order chi connectivity index (χ1) is 11.4. The number of carbonyl (C=O) groups is 2. The molecule has 2 aromatic rings. The zero-order valence-corrected chi connectivity index (χ0v) is 13.2. The van der Waals surface area contributed by atoms with Gasteiger partial charge in [0, 0.05) is 11.1 Å². The molecule has 3 rings (SSSR count). The van der Waals surface area contributed by atoms with Gasteiger partial charge in [-0.3, -0.25) is 4.79 Å². The van der Waals surface area contributed by atoms with Crippen molar-refractivity contribution in [3.05, 3.63) is 65.0 Å². The summed E-state index contributed by atoms with van der Waals surface area (Å²) in [6.45, 7) is 1.96. The Hall–Kier alpha value is -2.89. The van der Waals surface area contributed by atoms with Crippen LogP contribution in [-0.4, -0.2) is 17.5 Å². The molecule has 0 saturated heterocycles. The lowest BCUT2D eigenvalue weighted by Crippen LogP contribution is -2.48. The number of fused-ring (bicyclic) bond motifs is 1. The van der Waals surface area contributed by atoms with Gasteiger partial charge in [0.15, 0.2) is 0 Å². The minimum absolute atomic E-state index is 0.00314. The van der Waals surface area contributed by atoms with E-state index in [0.29, 0.717) is 0 Å². The number of hydrogen-bond acceptors (Lipinski definition) is 2. The molecule has 4 N–H and O–H groups in total. The summed E-state index contributed by atoms with van der Waals surface area (Å²) in [6, 6.07) is 11.2. The van der Waals surface area contributed by atoms with Crippen molar-refractivity contribution in [2.75, 3.05) is 5.32 Å². The van der Waals surface area contributed by atoms with Crippen LogP contribution in [0.1, 0.15) is 28.4 Å². The predicted molar refractivity (Wildman–Crippen MR) is 89.3 cm³/mol. The Balaban J connectivity index is 1.67. The van der Waals surface area contributed by atoms with E-state index in [-0.39, 0.29) is 11.3 Å². The largest absolute Gasteiger partial charge is 0.366 e. The van der Waals surface area contributed by atoms with E-state index in [1.807, 2.05) is 31.2 Å². The first kappa shape index (κ1) is 16.0. The van der Waals surface area contributed by atoms with Gasteiger partial charge in [-0.15, -0.1) is 0 Å². The molecule has 0 atom stereocenters. The highest BCUT2D eigenvalue weighted by molar-refractivity contribution is 5.94. The quantitative estimate of drug-likeness (QED) is 0.809. The summed E-state index contributed by atoms with van der Waals surface area (Å²) in [5.41, 5.74) is 7.14. The molecule has 0 aliphatic heterocycles. The van der Waals surface area contributed by atoms with Gasteiger partial charge < -0.3 is 16.4 Å². The van der Waals surface area contributed by atoms with E-state index in [9.17, 15) is 14.0 Å². The molecule has 2 aromatic carbocycles. The fourth-order valence-electron chi connectivity index (χ4n) is 3.09. The van der Waals surface area contributed by atoms with Gasteiger partial charge >= 0.3 is 6.03 Å². The van der Waals surface area contributed by atoms with E-state index < -0.39 is 23.3 Å².